The van der Waals surface area contributed by atoms with E-state index < -0.39 is 5.76 Å². The molecular weight excluding hydrogens is 189 g/mol. The summed E-state index contributed by atoms with van der Waals surface area (Å²) in [6.45, 7) is 0. The van der Waals surface area contributed by atoms with Gasteiger partial charge in [-0.1, -0.05) is 23.2 Å². The summed E-state index contributed by atoms with van der Waals surface area (Å²) in [7, 11) is 0. The van der Waals surface area contributed by atoms with Crippen LogP contribution in [0.1, 0.15) is 0 Å². The molecule has 0 amide bonds. The Hall–Kier alpha value is -0.220. The minimum Gasteiger partial charge on any atom is -0.587 e. The summed E-state index contributed by atoms with van der Waals surface area (Å²) >= 11 is 5.64. The molecule has 0 saturated carbocycles. The van der Waals surface area contributed by atoms with E-state index in [4.69, 9.17) is 16.0 Å². The average Bonchev–Trinajstić information content (AvgIpc) is 2.27. The van der Waals surface area contributed by atoms with E-state index in [1.165, 1.54) is 0 Å². The quantitative estimate of drug-likeness (QED) is 0.472. The number of nitrogens with zero attached hydrogens (tertiary/aromatic N) is 1. The van der Waals surface area contributed by atoms with Gasteiger partial charge >= 0.3 is 29.6 Å². The van der Waals surface area contributed by atoms with Gasteiger partial charge in [-0.25, -0.2) is 0 Å². The van der Waals surface area contributed by atoms with Crippen molar-refractivity contribution in [1.29, 1.82) is 0 Å². The summed E-state index contributed by atoms with van der Waals surface area (Å²) in [5, 5.41) is 0.536. The molecule has 2 rings (SSSR count). The van der Waals surface area contributed by atoms with Crippen LogP contribution in [0.3, 0.4) is 0 Å². The summed E-state index contributed by atoms with van der Waals surface area (Å²) in [5.41, 5.74) is 0.974. The van der Waals surface area contributed by atoms with Gasteiger partial charge in [0.05, 0.1) is 0 Å². The van der Waals surface area contributed by atoms with Crippen molar-refractivity contribution in [2.45, 2.75) is 0 Å². The molecule has 0 saturated heterocycles. The largest absolute Gasteiger partial charge is 1.00 e. The number of oxazole rings is 1. The molecule has 0 aliphatic carbocycles. The Labute approximate surface area is 95.0 Å². The van der Waals surface area contributed by atoms with Crippen LogP contribution in [0.2, 0.25) is 5.02 Å². The van der Waals surface area contributed by atoms with Crippen molar-refractivity contribution >= 4 is 22.7 Å². The van der Waals surface area contributed by atoms with Crippen molar-refractivity contribution < 1.29 is 34.0 Å². The van der Waals surface area contributed by atoms with Crippen LogP contribution < -0.4 is 40.3 Å². The van der Waals surface area contributed by atoms with Crippen molar-refractivity contribution in [3.05, 3.63) is 33.8 Å². The van der Waals surface area contributed by atoms with Crippen LogP contribution in [0.15, 0.2) is 27.4 Å². The van der Waals surface area contributed by atoms with Crippen LogP contribution in [-0.4, -0.2) is 0 Å². The Morgan fingerprint density at radius 2 is 2.17 bits per heavy atom. The zero-order valence-electron chi connectivity index (χ0n) is 6.37. The van der Waals surface area contributed by atoms with Gasteiger partial charge in [0.2, 0.25) is 5.76 Å². The van der Waals surface area contributed by atoms with E-state index in [1.807, 2.05) is 0 Å². The number of fused-ring (bicyclic) bond motifs is 1. The zero-order chi connectivity index (χ0) is 7.84. The fourth-order valence-corrected chi connectivity index (χ4v) is 1.04. The van der Waals surface area contributed by atoms with Crippen LogP contribution in [-0.2, 0) is 0 Å². The minimum absolute atomic E-state index is 0. The van der Waals surface area contributed by atoms with Gasteiger partial charge in [0.25, 0.3) is 0 Å². The number of benzene rings is 1. The molecule has 0 aliphatic rings. The smallest absolute Gasteiger partial charge is 0.587 e. The molecule has 0 aliphatic heterocycles. The normalized spacial score (nSPS) is 9.75. The molecule has 0 atom stereocenters. The molecule has 0 N–H and O–H groups in total. The molecule has 3 nitrogen and oxygen atoms in total. The second kappa shape index (κ2) is 3.66. The molecule has 0 fully saturated rings. The first kappa shape index (κ1) is 9.86. The molecule has 0 bridgehead atoms. The van der Waals surface area contributed by atoms with Crippen molar-refractivity contribution in [1.82, 2.24) is 4.98 Å². The molecule has 0 radical (unpaired) electrons. The van der Waals surface area contributed by atoms with Crippen molar-refractivity contribution in [3.8, 4) is 0 Å². The summed E-state index contributed by atoms with van der Waals surface area (Å²) < 4.78 is 4.70. The van der Waals surface area contributed by atoms with Crippen molar-refractivity contribution in [2.75, 3.05) is 0 Å². The molecule has 12 heavy (non-hydrogen) atoms. The van der Waals surface area contributed by atoms with Gasteiger partial charge in [-0.05, 0) is 12.1 Å². The van der Waals surface area contributed by atoms with Crippen LogP contribution in [0.4, 0.5) is 0 Å². The second-order valence-corrected chi connectivity index (χ2v) is 2.53. The van der Waals surface area contributed by atoms with E-state index >= 15 is 0 Å². The molecule has 2 aromatic rings. The summed E-state index contributed by atoms with van der Waals surface area (Å²) in [6.07, 6.45) is 0. The average molecular weight is 192 g/mol. The molecular formula is C7H3ClNNaO2. The van der Waals surface area contributed by atoms with Crippen molar-refractivity contribution in [2.24, 2.45) is 0 Å². The molecule has 0 unspecified atom stereocenters. The maximum atomic E-state index is 10.6. The van der Waals surface area contributed by atoms with Gasteiger partial charge in [0.1, 0.15) is 5.58 Å². The number of rotatable bonds is 0. The van der Waals surface area contributed by atoms with Gasteiger partial charge in [0.15, 0.2) is 0 Å². The maximum Gasteiger partial charge on any atom is 1.00 e. The summed E-state index contributed by atoms with van der Waals surface area (Å²) in [6, 6.07) is 4.86. The minimum atomic E-state index is -0.581. The van der Waals surface area contributed by atoms with E-state index in [2.05, 4.69) is 4.98 Å². The Morgan fingerprint density at radius 1 is 1.42 bits per heavy atom. The predicted molar refractivity (Wildman–Crippen MR) is 40.8 cm³/mol. The van der Waals surface area contributed by atoms with Gasteiger partial charge in [-0.3, -0.25) is 4.79 Å². The molecule has 0 spiro atoms. The Kier molecular flexibility index (Phi) is 3.01. The monoisotopic (exact) mass is 191 g/mol. The third-order valence-electron chi connectivity index (χ3n) is 1.33. The Morgan fingerprint density at radius 3 is 2.92 bits per heavy atom. The molecule has 1 heterocycles. The maximum absolute atomic E-state index is 10.6. The van der Waals surface area contributed by atoms with Gasteiger partial charge < -0.3 is 9.40 Å². The van der Waals surface area contributed by atoms with Crippen LogP contribution in [0.25, 0.3) is 11.1 Å². The van der Waals surface area contributed by atoms with Gasteiger partial charge in [-0.15, -0.1) is 0 Å². The standard InChI is InChI=1S/C7H4ClNO2.Na/c8-4-1-2-5-6(3-4)11-7(10)9-5;/h1-3H,(H,9,10);/q;+1/p-1. The van der Waals surface area contributed by atoms with Crippen LogP contribution in [0, 0.1) is 0 Å². The number of aromatic nitrogens is 1. The SMILES string of the molecule is O=c1[n-]c2ccc(Cl)cc2o1.[Na+]. The topological polar surface area (TPSA) is 44.3 Å². The van der Waals surface area contributed by atoms with Crippen LogP contribution >= 0.6 is 11.6 Å². The summed E-state index contributed by atoms with van der Waals surface area (Å²) in [5.74, 6) is -0.581. The summed E-state index contributed by atoms with van der Waals surface area (Å²) in [4.78, 5) is 14.2. The van der Waals surface area contributed by atoms with E-state index in [0.717, 1.165) is 0 Å². The molecule has 56 valence electrons. The molecule has 5 heteroatoms. The van der Waals surface area contributed by atoms with Gasteiger partial charge in [-0.2, -0.15) is 0 Å². The fraction of sp³-hybridized carbons (Fsp3) is 0. The Balaban J connectivity index is 0.000000720. The molecule has 1 aromatic heterocycles. The van der Waals surface area contributed by atoms with Gasteiger partial charge in [0, 0.05) is 5.02 Å². The number of hydrogen-bond donors (Lipinski definition) is 0. The number of halogens is 1. The van der Waals surface area contributed by atoms with E-state index in [-0.39, 0.29) is 29.6 Å². The Bertz CT molecular complexity index is 448. The first-order valence-electron chi connectivity index (χ1n) is 2.99. The van der Waals surface area contributed by atoms with Crippen LogP contribution in [0.5, 0.6) is 0 Å². The first-order valence-corrected chi connectivity index (χ1v) is 3.36. The van der Waals surface area contributed by atoms with E-state index in [0.29, 0.717) is 16.1 Å². The third-order valence-corrected chi connectivity index (χ3v) is 1.57. The van der Waals surface area contributed by atoms with E-state index in [1.54, 1.807) is 18.2 Å². The molecule has 1 aromatic carbocycles. The zero-order valence-corrected chi connectivity index (χ0v) is 9.13. The third kappa shape index (κ3) is 1.75. The van der Waals surface area contributed by atoms with E-state index in [9.17, 15) is 4.79 Å². The number of hydrogen-bond acceptors (Lipinski definition) is 2. The first-order chi connectivity index (χ1) is 5.25. The predicted octanol–water partition coefficient (Wildman–Crippen LogP) is -1.59. The fourth-order valence-electron chi connectivity index (χ4n) is 0.877. The second-order valence-electron chi connectivity index (χ2n) is 2.09. The van der Waals surface area contributed by atoms with Crippen molar-refractivity contribution in [3.63, 3.8) is 0 Å².